The first-order valence-electron chi connectivity index (χ1n) is 15.8. The molecule has 2 heterocycles. The molecule has 0 bridgehead atoms. The molecule has 0 saturated heterocycles. The molecular weight excluding hydrogens is 609 g/mol. The molecule has 2 aromatic heterocycles. The van der Waals surface area contributed by atoms with Crippen molar-refractivity contribution in [1.29, 1.82) is 0 Å². The Morgan fingerprint density at radius 1 is 0.956 bits per heavy atom. The second-order valence-electron chi connectivity index (χ2n) is 12.1. The smallest absolute Gasteiger partial charge is 0.234 e. The molecule has 3 aliphatic carbocycles. The number of aromatic nitrogens is 4. The lowest BCUT2D eigenvalue weighted by Gasteiger charge is -2.21. The molecule has 0 aliphatic heterocycles. The van der Waals surface area contributed by atoms with Gasteiger partial charge in [0.25, 0.3) is 0 Å². The molecule has 236 valence electrons. The number of carbonyl (C=O) groups excluding carboxylic acids is 3. The van der Waals surface area contributed by atoms with Crippen LogP contribution in [-0.4, -0.2) is 49.2 Å². The van der Waals surface area contributed by atoms with Gasteiger partial charge in [-0.1, -0.05) is 78.4 Å². The molecule has 0 spiro atoms. The Hall–Kier alpha value is -3.61. The quantitative estimate of drug-likeness (QED) is 0.158. The van der Waals surface area contributed by atoms with Crippen LogP contribution in [0.3, 0.4) is 0 Å². The Labute approximate surface area is 270 Å². The Kier molecular flexibility index (Phi) is 9.91. The minimum absolute atomic E-state index is 0.0117. The van der Waals surface area contributed by atoms with Crippen molar-refractivity contribution in [3.05, 3.63) is 68.7 Å². The van der Waals surface area contributed by atoms with E-state index in [0.29, 0.717) is 28.2 Å². The Morgan fingerprint density at radius 2 is 1.64 bits per heavy atom. The average Bonchev–Trinajstić information content (AvgIpc) is 3.83. The normalized spacial score (nSPS) is 21.1. The van der Waals surface area contributed by atoms with Crippen LogP contribution in [0.5, 0.6) is 0 Å². The number of allylic oxidation sites excluding steroid dienone is 3. The fourth-order valence-corrected chi connectivity index (χ4v) is 8.08. The van der Waals surface area contributed by atoms with Gasteiger partial charge in [0.15, 0.2) is 11.6 Å². The second-order valence-corrected chi connectivity index (χ2v) is 14.3. The summed E-state index contributed by atoms with van der Waals surface area (Å²) in [5.74, 6) is -0.415. The van der Waals surface area contributed by atoms with E-state index in [1.165, 1.54) is 54.8 Å². The van der Waals surface area contributed by atoms with E-state index in [4.69, 9.17) is 0 Å². The van der Waals surface area contributed by atoms with Gasteiger partial charge >= 0.3 is 0 Å². The topological polar surface area (TPSA) is 147 Å². The van der Waals surface area contributed by atoms with E-state index < -0.39 is 12.1 Å². The van der Waals surface area contributed by atoms with Crippen LogP contribution in [0.2, 0.25) is 0 Å². The number of benzene rings is 1. The summed E-state index contributed by atoms with van der Waals surface area (Å²) >= 11 is 2.76. The van der Waals surface area contributed by atoms with E-state index in [0.717, 1.165) is 52.4 Å². The van der Waals surface area contributed by atoms with Crippen molar-refractivity contribution in [1.82, 2.24) is 20.4 Å². The monoisotopic (exact) mass is 646 g/mol. The van der Waals surface area contributed by atoms with Crippen molar-refractivity contribution >= 4 is 50.4 Å². The number of unbranched alkanes of at least 4 members (excludes halogenated alkanes) is 1. The lowest BCUT2D eigenvalue weighted by molar-refractivity contribution is -0.117. The van der Waals surface area contributed by atoms with E-state index in [2.05, 4.69) is 43.2 Å². The van der Waals surface area contributed by atoms with Crippen molar-refractivity contribution in [2.24, 2.45) is 11.8 Å². The number of nitrogens with one attached hydrogen (secondary N) is 2. The zero-order valence-electron chi connectivity index (χ0n) is 25.3. The summed E-state index contributed by atoms with van der Waals surface area (Å²) < 4.78 is 0. The third-order valence-corrected chi connectivity index (χ3v) is 10.9. The first-order chi connectivity index (χ1) is 21.9. The van der Waals surface area contributed by atoms with Gasteiger partial charge in [0.05, 0.1) is 5.92 Å². The Morgan fingerprint density at radius 3 is 2.40 bits per heavy atom. The SMILES string of the molecule is CC1=C(/C=C\C2CCCCC2)C(C(O)Nc2nnc(CCCCc3nnc(NC(=O)C4CC(=O)c5ccccc54)s3)s2)CC1=O. The van der Waals surface area contributed by atoms with Crippen LogP contribution in [-0.2, 0) is 22.4 Å². The summed E-state index contributed by atoms with van der Waals surface area (Å²) in [6.07, 6.45) is 13.2. The standard InChI is InChI=1S/C33H38N6O4S2/c1-19-21(16-15-20-9-3-2-4-10-20)24(17-26(19)40)30(42)34-32-38-36-28(44-32)13-7-8-14-29-37-39-33(45-29)35-31(43)25-18-27(41)23-12-6-5-11-22(23)25/h5-6,11-12,15-16,20,24-25,30,42H,2-4,7-10,13-14,17-18H2,1H3,(H,34,38)(H,35,39,43)/b16-15-. The molecule has 3 N–H and O–H groups in total. The number of anilines is 2. The molecule has 3 aromatic rings. The number of amides is 1. The fourth-order valence-electron chi connectivity index (χ4n) is 6.48. The molecule has 6 rings (SSSR count). The Balaban J connectivity index is 0.946. The lowest BCUT2D eigenvalue weighted by Crippen LogP contribution is -2.28. The van der Waals surface area contributed by atoms with Crippen LogP contribution in [0.1, 0.15) is 96.6 Å². The number of rotatable bonds is 12. The minimum Gasteiger partial charge on any atom is -0.373 e. The Bertz CT molecular complexity index is 1620. The molecule has 1 saturated carbocycles. The van der Waals surface area contributed by atoms with Crippen LogP contribution in [0.4, 0.5) is 10.3 Å². The number of aliphatic hydroxyl groups excluding tert-OH is 1. The lowest BCUT2D eigenvalue weighted by atomic mass is 9.88. The number of carbonyl (C=O) groups is 3. The number of nitrogens with zero attached hydrogens (tertiary/aromatic N) is 4. The maximum absolute atomic E-state index is 12.8. The highest BCUT2D eigenvalue weighted by atomic mass is 32.1. The summed E-state index contributed by atoms with van der Waals surface area (Å²) in [6, 6.07) is 7.25. The van der Waals surface area contributed by atoms with Crippen LogP contribution < -0.4 is 10.6 Å². The number of aryl methyl sites for hydroxylation is 2. The molecule has 1 fully saturated rings. The van der Waals surface area contributed by atoms with Gasteiger partial charge in [0.2, 0.25) is 16.2 Å². The highest BCUT2D eigenvalue weighted by molar-refractivity contribution is 7.15. The number of aliphatic hydroxyl groups is 1. The second kappa shape index (κ2) is 14.2. The molecule has 0 radical (unpaired) electrons. The van der Waals surface area contributed by atoms with E-state index in [-0.39, 0.29) is 29.8 Å². The van der Waals surface area contributed by atoms with E-state index in [1.807, 2.05) is 25.1 Å². The number of Topliss-reactive ketones (excluding diaryl/α,β-unsaturated/α-hetero) is 2. The van der Waals surface area contributed by atoms with Crippen molar-refractivity contribution in [3.63, 3.8) is 0 Å². The molecular formula is C33H38N6O4S2. The van der Waals surface area contributed by atoms with Gasteiger partial charge in [-0.05, 0) is 55.2 Å². The van der Waals surface area contributed by atoms with Gasteiger partial charge in [-0.2, -0.15) is 0 Å². The van der Waals surface area contributed by atoms with Crippen LogP contribution >= 0.6 is 22.7 Å². The van der Waals surface area contributed by atoms with Crippen molar-refractivity contribution in [2.45, 2.75) is 89.7 Å². The molecule has 1 aromatic carbocycles. The number of fused-ring (bicyclic) bond motifs is 1. The van der Waals surface area contributed by atoms with Gasteiger partial charge < -0.3 is 10.4 Å². The summed E-state index contributed by atoms with van der Waals surface area (Å²) in [7, 11) is 0. The molecule has 12 heteroatoms. The zero-order valence-corrected chi connectivity index (χ0v) is 27.0. The maximum atomic E-state index is 12.8. The first kappa shape index (κ1) is 31.4. The molecule has 1 amide bonds. The molecule has 3 aliphatic rings. The van der Waals surface area contributed by atoms with E-state index in [1.54, 1.807) is 6.07 Å². The number of hydrogen-bond acceptors (Lipinski definition) is 11. The molecule has 3 atom stereocenters. The maximum Gasteiger partial charge on any atom is 0.234 e. The predicted molar refractivity (Wildman–Crippen MR) is 174 cm³/mol. The van der Waals surface area contributed by atoms with Crippen molar-refractivity contribution in [3.8, 4) is 0 Å². The van der Waals surface area contributed by atoms with E-state index >= 15 is 0 Å². The number of hydrogen-bond donors (Lipinski definition) is 3. The molecule has 3 unspecified atom stereocenters. The summed E-state index contributed by atoms with van der Waals surface area (Å²) in [5.41, 5.74) is 3.05. The van der Waals surface area contributed by atoms with Crippen molar-refractivity contribution < 1.29 is 19.5 Å². The largest absolute Gasteiger partial charge is 0.373 e. The highest BCUT2D eigenvalue weighted by Crippen LogP contribution is 2.36. The van der Waals surface area contributed by atoms with Gasteiger partial charge in [0, 0.05) is 37.2 Å². The fraction of sp³-hybridized carbons (Fsp3) is 0.485. The van der Waals surface area contributed by atoms with Crippen LogP contribution in [0, 0.1) is 11.8 Å². The van der Waals surface area contributed by atoms with Crippen molar-refractivity contribution in [2.75, 3.05) is 10.6 Å². The molecule has 45 heavy (non-hydrogen) atoms. The van der Waals surface area contributed by atoms with Gasteiger partial charge in [-0.25, -0.2) is 0 Å². The summed E-state index contributed by atoms with van der Waals surface area (Å²) in [5, 5.41) is 36.5. The zero-order chi connectivity index (χ0) is 31.3. The van der Waals surface area contributed by atoms with Gasteiger partial charge in [0.1, 0.15) is 16.2 Å². The van der Waals surface area contributed by atoms with Crippen LogP contribution in [0.15, 0.2) is 47.6 Å². The summed E-state index contributed by atoms with van der Waals surface area (Å²) in [6.45, 7) is 1.86. The minimum atomic E-state index is -0.922. The average molecular weight is 647 g/mol. The third kappa shape index (κ3) is 7.45. The van der Waals surface area contributed by atoms with Crippen LogP contribution in [0.25, 0.3) is 0 Å². The van der Waals surface area contributed by atoms with E-state index in [9.17, 15) is 19.5 Å². The predicted octanol–water partition coefficient (Wildman–Crippen LogP) is 6.04. The van der Waals surface area contributed by atoms with Gasteiger partial charge in [-0.3, -0.25) is 19.7 Å². The third-order valence-electron chi connectivity index (χ3n) is 9.04. The summed E-state index contributed by atoms with van der Waals surface area (Å²) in [4.78, 5) is 37.6. The first-order valence-corrected chi connectivity index (χ1v) is 17.4. The highest BCUT2D eigenvalue weighted by Gasteiger charge is 2.35. The van der Waals surface area contributed by atoms with Gasteiger partial charge in [-0.15, -0.1) is 20.4 Å². The number of ketones is 2. The molecule has 10 nitrogen and oxygen atoms in total.